The van der Waals surface area contributed by atoms with E-state index in [1.54, 1.807) is 0 Å². The molecular formula is C13H20N2O. The van der Waals surface area contributed by atoms with Crippen molar-refractivity contribution in [2.45, 2.75) is 52.5 Å². The van der Waals surface area contributed by atoms with Crippen LogP contribution in [0.4, 0.5) is 0 Å². The van der Waals surface area contributed by atoms with Crippen LogP contribution in [0.1, 0.15) is 46.5 Å². The first-order chi connectivity index (χ1) is 7.40. The van der Waals surface area contributed by atoms with Gasteiger partial charge in [-0.1, -0.05) is 20.8 Å². The third kappa shape index (κ3) is 1.52. The van der Waals surface area contributed by atoms with Crippen LogP contribution in [0.3, 0.4) is 0 Å². The second kappa shape index (κ2) is 3.48. The van der Waals surface area contributed by atoms with Gasteiger partial charge in [-0.3, -0.25) is 4.79 Å². The van der Waals surface area contributed by atoms with E-state index in [9.17, 15) is 4.79 Å². The first-order valence-electron chi connectivity index (χ1n) is 6.06. The van der Waals surface area contributed by atoms with E-state index in [-0.39, 0.29) is 29.2 Å². The molecule has 3 unspecified atom stereocenters. The van der Waals surface area contributed by atoms with Crippen LogP contribution in [0, 0.1) is 28.1 Å². The Morgan fingerprint density at radius 3 is 2.69 bits per heavy atom. The van der Waals surface area contributed by atoms with Crippen molar-refractivity contribution in [3.8, 4) is 6.07 Å². The topological polar surface area (TPSA) is 52.9 Å². The van der Waals surface area contributed by atoms with Crippen molar-refractivity contribution in [2.75, 3.05) is 0 Å². The quantitative estimate of drug-likeness (QED) is 0.775. The number of nitrogens with one attached hydrogen (secondary N) is 1. The maximum atomic E-state index is 11.6. The third-order valence-electron chi connectivity index (χ3n) is 4.81. The summed E-state index contributed by atoms with van der Waals surface area (Å²) in [4.78, 5) is 11.6. The fraction of sp³-hybridized carbons (Fsp3) is 0.846. The predicted octanol–water partition coefficient (Wildman–Crippen LogP) is 2.23. The molecule has 0 heterocycles. The zero-order chi connectivity index (χ0) is 12.0. The molecule has 0 aromatic heterocycles. The van der Waals surface area contributed by atoms with E-state index in [0.717, 1.165) is 5.92 Å². The number of hydrogen-bond donors (Lipinski definition) is 1. The highest BCUT2D eigenvalue weighted by Gasteiger charge is 2.59. The van der Waals surface area contributed by atoms with Crippen molar-refractivity contribution < 1.29 is 4.79 Å². The zero-order valence-electron chi connectivity index (χ0n) is 10.3. The van der Waals surface area contributed by atoms with Gasteiger partial charge < -0.3 is 5.32 Å². The van der Waals surface area contributed by atoms with Gasteiger partial charge in [-0.05, 0) is 36.0 Å². The van der Waals surface area contributed by atoms with Gasteiger partial charge >= 0.3 is 0 Å². The Hall–Kier alpha value is -1.04. The number of carbonyl (C=O) groups is 1. The molecular weight excluding hydrogens is 200 g/mol. The molecule has 1 amide bonds. The Balaban J connectivity index is 2.14. The second-order valence-corrected chi connectivity index (χ2v) is 6.25. The van der Waals surface area contributed by atoms with E-state index in [2.05, 4.69) is 26.1 Å². The van der Waals surface area contributed by atoms with Crippen molar-refractivity contribution in [1.29, 1.82) is 5.26 Å². The highest BCUT2D eigenvalue weighted by Crippen LogP contribution is 2.62. The molecule has 3 heteroatoms. The molecule has 2 aliphatic carbocycles. The van der Waals surface area contributed by atoms with Crippen LogP contribution in [0.15, 0.2) is 0 Å². The molecule has 3 nitrogen and oxygen atoms in total. The lowest BCUT2D eigenvalue weighted by atomic mass is 9.68. The number of nitriles is 1. The fourth-order valence-electron chi connectivity index (χ4n) is 3.95. The Labute approximate surface area is 97.2 Å². The van der Waals surface area contributed by atoms with Crippen molar-refractivity contribution in [1.82, 2.24) is 5.32 Å². The van der Waals surface area contributed by atoms with Crippen molar-refractivity contribution in [3.63, 3.8) is 0 Å². The highest BCUT2D eigenvalue weighted by molar-refractivity contribution is 5.78. The van der Waals surface area contributed by atoms with Crippen LogP contribution >= 0.6 is 0 Å². The van der Waals surface area contributed by atoms with Crippen molar-refractivity contribution >= 4 is 5.91 Å². The van der Waals surface area contributed by atoms with Gasteiger partial charge in [-0.2, -0.15) is 5.26 Å². The summed E-state index contributed by atoms with van der Waals surface area (Å²) in [5, 5.41) is 11.6. The van der Waals surface area contributed by atoms with Gasteiger partial charge in [0.2, 0.25) is 5.91 Å². The standard InChI is InChI=1S/C13H20N2O/c1-12(2)9-4-6-13(3,8-9)11(12)15-10(16)5-7-14/h9,11H,4-6,8H2,1-3H3,(H,15,16). The molecule has 2 rings (SSSR count). The Morgan fingerprint density at radius 1 is 1.50 bits per heavy atom. The molecule has 1 N–H and O–H groups in total. The van der Waals surface area contributed by atoms with Crippen LogP contribution < -0.4 is 5.32 Å². The summed E-state index contributed by atoms with van der Waals surface area (Å²) in [7, 11) is 0. The molecule has 2 saturated carbocycles. The number of carbonyl (C=O) groups excluding carboxylic acids is 1. The molecule has 16 heavy (non-hydrogen) atoms. The van der Waals surface area contributed by atoms with Gasteiger partial charge in [-0.15, -0.1) is 0 Å². The lowest BCUT2D eigenvalue weighted by Gasteiger charge is -2.43. The number of hydrogen-bond acceptors (Lipinski definition) is 2. The largest absolute Gasteiger partial charge is 0.351 e. The molecule has 0 aliphatic heterocycles. The van der Waals surface area contributed by atoms with Crippen LogP contribution in [-0.2, 0) is 4.79 Å². The summed E-state index contributed by atoms with van der Waals surface area (Å²) in [5.41, 5.74) is 0.428. The average molecular weight is 220 g/mol. The maximum absolute atomic E-state index is 11.6. The SMILES string of the molecule is CC12CCC(C1)C(C)(C)C2NC(=O)CC#N. The molecule has 0 saturated heterocycles. The Morgan fingerprint density at radius 2 is 2.19 bits per heavy atom. The third-order valence-corrected chi connectivity index (χ3v) is 4.81. The summed E-state index contributed by atoms with van der Waals surface area (Å²) >= 11 is 0. The minimum atomic E-state index is -0.116. The molecule has 3 atom stereocenters. The molecule has 2 bridgehead atoms. The summed E-state index contributed by atoms with van der Waals surface area (Å²) in [6.45, 7) is 6.78. The molecule has 0 aromatic carbocycles. The molecule has 2 fully saturated rings. The minimum absolute atomic E-state index is 0.0205. The van der Waals surface area contributed by atoms with E-state index < -0.39 is 0 Å². The van der Waals surface area contributed by atoms with E-state index in [1.165, 1.54) is 19.3 Å². The normalized spacial score (nSPS) is 39.4. The number of fused-ring (bicyclic) bond motifs is 2. The van der Waals surface area contributed by atoms with Gasteiger partial charge in [0, 0.05) is 6.04 Å². The summed E-state index contributed by atoms with van der Waals surface area (Å²) in [5.74, 6) is 0.610. The lowest BCUT2D eigenvalue weighted by Crippen LogP contribution is -2.52. The monoisotopic (exact) mass is 220 g/mol. The maximum Gasteiger partial charge on any atom is 0.234 e. The molecule has 88 valence electrons. The minimum Gasteiger partial charge on any atom is -0.351 e. The first kappa shape index (κ1) is 11.4. The van der Waals surface area contributed by atoms with Gasteiger partial charge in [0.1, 0.15) is 6.42 Å². The highest BCUT2D eigenvalue weighted by atomic mass is 16.1. The second-order valence-electron chi connectivity index (χ2n) is 6.25. The number of nitrogens with zero attached hydrogens (tertiary/aromatic N) is 1. The van der Waals surface area contributed by atoms with Crippen molar-refractivity contribution in [2.24, 2.45) is 16.7 Å². The van der Waals surface area contributed by atoms with Crippen LogP contribution in [0.5, 0.6) is 0 Å². The summed E-state index contributed by atoms with van der Waals surface area (Å²) in [6, 6.07) is 2.15. The zero-order valence-corrected chi connectivity index (χ0v) is 10.3. The average Bonchev–Trinajstić information content (AvgIpc) is 2.64. The van der Waals surface area contributed by atoms with E-state index >= 15 is 0 Å². The van der Waals surface area contributed by atoms with Gasteiger partial charge in [0.15, 0.2) is 0 Å². The summed E-state index contributed by atoms with van der Waals surface area (Å²) in [6.07, 6.45) is 3.69. The first-order valence-corrected chi connectivity index (χ1v) is 6.06. The van der Waals surface area contributed by atoms with E-state index in [4.69, 9.17) is 5.26 Å². The number of amides is 1. The molecule has 0 aromatic rings. The van der Waals surface area contributed by atoms with Gasteiger partial charge in [0.05, 0.1) is 6.07 Å². The van der Waals surface area contributed by atoms with Gasteiger partial charge in [-0.25, -0.2) is 0 Å². The molecule has 2 aliphatic rings. The molecule has 0 spiro atoms. The lowest BCUT2D eigenvalue weighted by molar-refractivity contribution is -0.122. The molecule has 0 radical (unpaired) electrons. The summed E-state index contributed by atoms with van der Waals surface area (Å²) < 4.78 is 0. The Kier molecular flexibility index (Phi) is 2.49. The fourth-order valence-corrected chi connectivity index (χ4v) is 3.95. The van der Waals surface area contributed by atoms with Gasteiger partial charge in [0.25, 0.3) is 0 Å². The predicted molar refractivity (Wildman–Crippen MR) is 61.4 cm³/mol. The van der Waals surface area contributed by atoms with Crippen LogP contribution in [0.25, 0.3) is 0 Å². The smallest absolute Gasteiger partial charge is 0.234 e. The number of rotatable bonds is 2. The van der Waals surface area contributed by atoms with E-state index in [1.807, 2.05) is 6.07 Å². The van der Waals surface area contributed by atoms with Crippen LogP contribution in [0.2, 0.25) is 0 Å². The van der Waals surface area contributed by atoms with Crippen LogP contribution in [-0.4, -0.2) is 11.9 Å². The van der Waals surface area contributed by atoms with Crippen molar-refractivity contribution in [3.05, 3.63) is 0 Å². The Bertz CT molecular complexity index is 351. The van der Waals surface area contributed by atoms with E-state index in [0.29, 0.717) is 0 Å².